The predicted octanol–water partition coefficient (Wildman–Crippen LogP) is 24.7. The Labute approximate surface area is 514 Å². The minimum absolute atomic E-state index is 0.0210. The normalized spacial score (nSPS) is 12.5. The van der Waals surface area contributed by atoms with Gasteiger partial charge >= 0.3 is 5.97 Å². The molecule has 488 valence electrons. The molecule has 0 aromatic carbocycles. The third-order valence-electron chi connectivity index (χ3n) is 18.1. The Bertz CT molecular complexity index is 1240. The molecular formula is C76H149NO5. The van der Waals surface area contributed by atoms with E-state index < -0.39 is 12.1 Å². The van der Waals surface area contributed by atoms with Crippen LogP contribution in [0.2, 0.25) is 0 Å². The highest BCUT2D eigenvalue weighted by molar-refractivity contribution is 5.76. The average Bonchev–Trinajstić information content (AvgIpc) is 3.48. The van der Waals surface area contributed by atoms with Crippen molar-refractivity contribution in [3.63, 3.8) is 0 Å². The Kier molecular flexibility index (Phi) is 70.8. The zero-order valence-corrected chi connectivity index (χ0v) is 56.0. The average molecular weight is 1160 g/mol. The van der Waals surface area contributed by atoms with Gasteiger partial charge in [0.2, 0.25) is 5.91 Å². The molecule has 1 amide bonds. The van der Waals surface area contributed by atoms with Crippen molar-refractivity contribution in [2.24, 2.45) is 0 Å². The van der Waals surface area contributed by atoms with Crippen LogP contribution in [0.5, 0.6) is 0 Å². The summed E-state index contributed by atoms with van der Waals surface area (Å²) in [4.78, 5) is 24.6. The lowest BCUT2D eigenvalue weighted by atomic mass is 10.0. The molecule has 2 unspecified atom stereocenters. The van der Waals surface area contributed by atoms with E-state index in [9.17, 15) is 19.8 Å². The third-order valence-corrected chi connectivity index (χ3v) is 18.1. The summed E-state index contributed by atoms with van der Waals surface area (Å²) in [6.45, 7) is 4.98. The molecule has 3 N–H and O–H groups in total. The van der Waals surface area contributed by atoms with Gasteiger partial charge in [0.25, 0.3) is 0 Å². The van der Waals surface area contributed by atoms with Gasteiger partial charge in [-0.25, -0.2) is 0 Å². The number of aliphatic hydroxyl groups is 2. The first-order valence-electron chi connectivity index (χ1n) is 37.9. The number of unbranched alkanes of at least 4 members (excludes halogenated alkanes) is 59. The van der Waals surface area contributed by atoms with Crippen LogP contribution in [-0.4, -0.2) is 47.4 Å². The molecule has 0 radical (unpaired) electrons. The van der Waals surface area contributed by atoms with E-state index in [1.165, 1.54) is 366 Å². The first-order chi connectivity index (χ1) is 40.5. The monoisotopic (exact) mass is 1160 g/mol. The fourth-order valence-electron chi connectivity index (χ4n) is 12.3. The molecule has 6 heteroatoms. The molecule has 0 fully saturated rings. The van der Waals surface area contributed by atoms with Crippen LogP contribution in [0.15, 0.2) is 12.2 Å². The van der Waals surface area contributed by atoms with Gasteiger partial charge in [-0.1, -0.05) is 386 Å². The first kappa shape index (κ1) is 80.6. The summed E-state index contributed by atoms with van der Waals surface area (Å²) >= 11 is 0. The van der Waals surface area contributed by atoms with E-state index in [1.807, 2.05) is 0 Å². The van der Waals surface area contributed by atoms with Crippen molar-refractivity contribution < 1.29 is 24.5 Å². The third kappa shape index (κ3) is 67.7. The first-order valence-corrected chi connectivity index (χ1v) is 37.9. The van der Waals surface area contributed by atoms with Gasteiger partial charge in [0.05, 0.1) is 25.4 Å². The molecule has 0 saturated heterocycles. The van der Waals surface area contributed by atoms with E-state index in [0.717, 1.165) is 38.5 Å². The number of aliphatic hydroxyl groups excluding tert-OH is 2. The molecule has 0 heterocycles. The lowest BCUT2D eigenvalue weighted by Gasteiger charge is -2.22. The number of nitrogens with one attached hydrogen (secondary N) is 1. The van der Waals surface area contributed by atoms with E-state index >= 15 is 0 Å². The standard InChI is InChI=1S/C76H149NO5/c1-3-5-7-9-11-13-15-16-17-39-43-46-50-54-58-62-66-70-76(81)82-71-67-63-59-55-51-47-44-41-38-36-34-32-30-28-26-24-22-20-18-19-21-23-25-27-29-31-33-35-37-40-42-45-49-53-57-61-65-69-75(80)77-73(72-78)74(79)68-64-60-56-52-48-14-12-10-8-6-4-2/h16-17,73-74,78-79H,3-15,18-72H2,1-2H3,(H,77,80)/b17-16-. The molecule has 0 aliphatic carbocycles. The topological polar surface area (TPSA) is 95.9 Å². The highest BCUT2D eigenvalue weighted by Gasteiger charge is 2.20. The molecular weight excluding hydrogens is 1010 g/mol. The number of amides is 1. The van der Waals surface area contributed by atoms with Crippen molar-refractivity contribution in [1.82, 2.24) is 5.32 Å². The zero-order chi connectivity index (χ0) is 59.2. The summed E-state index contributed by atoms with van der Waals surface area (Å²) in [6.07, 6.45) is 90.2. The largest absolute Gasteiger partial charge is 0.466 e. The van der Waals surface area contributed by atoms with Crippen molar-refractivity contribution in [3.05, 3.63) is 12.2 Å². The zero-order valence-electron chi connectivity index (χ0n) is 56.0. The summed E-state index contributed by atoms with van der Waals surface area (Å²) in [5.41, 5.74) is 0. The van der Waals surface area contributed by atoms with Gasteiger partial charge in [0.1, 0.15) is 0 Å². The molecule has 2 atom stereocenters. The molecule has 0 aliphatic heterocycles. The number of allylic oxidation sites excluding steroid dienone is 2. The van der Waals surface area contributed by atoms with Crippen molar-refractivity contribution in [3.8, 4) is 0 Å². The van der Waals surface area contributed by atoms with Crippen molar-refractivity contribution in [2.45, 2.75) is 450 Å². The van der Waals surface area contributed by atoms with Crippen LogP contribution in [0, 0.1) is 0 Å². The Balaban J connectivity index is 3.26. The fourth-order valence-corrected chi connectivity index (χ4v) is 12.3. The van der Waals surface area contributed by atoms with Crippen molar-refractivity contribution >= 4 is 11.9 Å². The number of carbonyl (C=O) groups is 2. The van der Waals surface area contributed by atoms with Gasteiger partial charge in [-0.3, -0.25) is 9.59 Å². The fraction of sp³-hybridized carbons (Fsp3) is 0.947. The smallest absolute Gasteiger partial charge is 0.305 e. The second-order valence-electron chi connectivity index (χ2n) is 26.3. The number of rotatable bonds is 72. The highest BCUT2D eigenvalue weighted by Crippen LogP contribution is 2.20. The van der Waals surface area contributed by atoms with Crippen molar-refractivity contribution in [2.75, 3.05) is 13.2 Å². The summed E-state index contributed by atoms with van der Waals surface area (Å²) in [5, 5.41) is 23.2. The number of carbonyl (C=O) groups excluding carboxylic acids is 2. The van der Waals surface area contributed by atoms with Gasteiger partial charge < -0.3 is 20.3 Å². The number of esters is 1. The maximum absolute atomic E-state index is 12.5. The van der Waals surface area contributed by atoms with E-state index in [0.29, 0.717) is 25.9 Å². The molecule has 0 aromatic rings. The number of ether oxygens (including phenoxy) is 1. The summed E-state index contributed by atoms with van der Waals surface area (Å²) in [6, 6.07) is -0.535. The second-order valence-corrected chi connectivity index (χ2v) is 26.3. The molecule has 0 bridgehead atoms. The highest BCUT2D eigenvalue weighted by atomic mass is 16.5. The molecule has 0 saturated carbocycles. The lowest BCUT2D eigenvalue weighted by Crippen LogP contribution is -2.45. The van der Waals surface area contributed by atoms with Gasteiger partial charge in [0.15, 0.2) is 0 Å². The summed E-state index contributed by atoms with van der Waals surface area (Å²) < 4.78 is 5.51. The predicted molar refractivity (Wildman–Crippen MR) is 361 cm³/mol. The van der Waals surface area contributed by atoms with Gasteiger partial charge in [-0.2, -0.15) is 0 Å². The SMILES string of the molecule is CCCCCCCC/C=C\CCCCCCCCCC(=O)OCCCCCCCCCCCCCCCCCCCCCCCCCCCCCCCCCCCCCCCC(=O)NC(CO)C(O)CCCCCCCCCCCCC. The number of hydrogen-bond donors (Lipinski definition) is 3. The molecule has 0 rings (SSSR count). The Hall–Kier alpha value is -1.40. The van der Waals surface area contributed by atoms with Crippen LogP contribution in [0.4, 0.5) is 0 Å². The maximum Gasteiger partial charge on any atom is 0.305 e. The molecule has 0 aromatic heterocycles. The van der Waals surface area contributed by atoms with E-state index in [2.05, 4.69) is 31.3 Å². The minimum atomic E-state index is -0.658. The van der Waals surface area contributed by atoms with Crippen LogP contribution in [0.1, 0.15) is 438 Å². The molecule has 0 aliphatic rings. The van der Waals surface area contributed by atoms with Gasteiger partial charge in [-0.15, -0.1) is 0 Å². The second kappa shape index (κ2) is 72.1. The van der Waals surface area contributed by atoms with Crippen molar-refractivity contribution in [1.29, 1.82) is 0 Å². The minimum Gasteiger partial charge on any atom is -0.466 e. The van der Waals surface area contributed by atoms with E-state index in [-0.39, 0.29) is 18.5 Å². The van der Waals surface area contributed by atoms with E-state index in [1.54, 1.807) is 0 Å². The maximum atomic E-state index is 12.5. The lowest BCUT2D eigenvalue weighted by molar-refractivity contribution is -0.143. The van der Waals surface area contributed by atoms with Gasteiger partial charge in [0, 0.05) is 12.8 Å². The van der Waals surface area contributed by atoms with Crippen LogP contribution < -0.4 is 5.32 Å². The summed E-state index contributed by atoms with van der Waals surface area (Å²) in [7, 11) is 0. The molecule has 0 spiro atoms. The Morgan fingerprint density at radius 1 is 0.329 bits per heavy atom. The molecule has 82 heavy (non-hydrogen) atoms. The van der Waals surface area contributed by atoms with Crippen LogP contribution >= 0.6 is 0 Å². The Morgan fingerprint density at radius 2 is 0.573 bits per heavy atom. The van der Waals surface area contributed by atoms with Gasteiger partial charge in [-0.05, 0) is 51.4 Å². The van der Waals surface area contributed by atoms with Crippen LogP contribution in [-0.2, 0) is 14.3 Å². The number of hydrogen-bond acceptors (Lipinski definition) is 5. The van der Waals surface area contributed by atoms with Crippen LogP contribution in [0.3, 0.4) is 0 Å². The van der Waals surface area contributed by atoms with Crippen LogP contribution in [0.25, 0.3) is 0 Å². The summed E-state index contributed by atoms with van der Waals surface area (Å²) in [5.74, 6) is -0.00666. The quantitative estimate of drug-likeness (QED) is 0.0320. The Morgan fingerprint density at radius 3 is 0.866 bits per heavy atom. The molecule has 6 nitrogen and oxygen atoms in total. The van der Waals surface area contributed by atoms with E-state index in [4.69, 9.17) is 4.74 Å².